The van der Waals surface area contributed by atoms with E-state index in [1.807, 2.05) is 43.3 Å². The molecule has 1 N–H and O–H groups in total. The molecule has 0 aliphatic carbocycles. The summed E-state index contributed by atoms with van der Waals surface area (Å²) in [7, 11) is 0. The Bertz CT molecular complexity index is 726. The predicted molar refractivity (Wildman–Crippen MR) is 88.2 cm³/mol. The number of amides is 1. The van der Waals surface area contributed by atoms with Crippen molar-refractivity contribution >= 4 is 11.6 Å². The van der Waals surface area contributed by atoms with Gasteiger partial charge >= 0.3 is 0 Å². The molecule has 0 unspecified atom stereocenters. The van der Waals surface area contributed by atoms with E-state index in [0.717, 1.165) is 17.7 Å². The number of hydrogen-bond donors (Lipinski definition) is 1. The predicted octanol–water partition coefficient (Wildman–Crippen LogP) is 3.00. The maximum atomic E-state index is 12.0. The summed E-state index contributed by atoms with van der Waals surface area (Å²) in [5.74, 6) is 1.22. The number of ether oxygens (including phenoxy) is 2. The minimum Gasteiger partial charge on any atom is -0.490 e. The van der Waals surface area contributed by atoms with Gasteiger partial charge in [0.15, 0.2) is 11.5 Å². The Hall–Kier alpha value is -2.82. The normalized spacial score (nSPS) is 14.0. The zero-order valence-corrected chi connectivity index (χ0v) is 12.9. The van der Waals surface area contributed by atoms with Crippen LogP contribution in [0.15, 0.2) is 53.6 Å². The molecule has 0 radical (unpaired) electrons. The maximum Gasteiger partial charge on any atom is 0.271 e. The van der Waals surface area contributed by atoms with Crippen LogP contribution in [0.4, 0.5) is 0 Å². The van der Waals surface area contributed by atoms with Crippen LogP contribution in [0.25, 0.3) is 0 Å². The van der Waals surface area contributed by atoms with E-state index in [1.165, 1.54) is 0 Å². The van der Waals surface area contributed by atoms with Crippen LogP contribution in [0.2, 0.25) is 0 Å². The van der Waals surface area contributed by atoms with Crippen LogP contribution >= 0.6 is 0 Å². The van der Waals surface area contributed by atoms with Gasteiger partial charge in [-0.3, -0.25) is 4.79 Å². The molecule has 0 fully saturated rings. The number of carbonyl (C=O) groups excluding carboxylic acids is 1. The van der Waals surface area contributed by atoms with E-state index in [2.05, 4.69) is 10.5 Å². The van der Waals surface area contributed by atoms with Gasteiger partial charge in [-0.1, -0.05) is 18.2 Å². The van der Waals surface area contributed by atoms with E-state index in [4.69, 9.17) is 9.47 Å². The summed E-state index contributed by atoms with van der Waals surface area (Å²) in [6.07, 6.45) is 0.865. The van der Waals surface area contributed by atoms with Crippen molar-refractivity contribution in [3.8, 4) is 11.5 Å². The van der Waals surface area contributed by atoms with Gasteiger partial charge in [0.2, 0.25) is 0 Å². The number of hydrazone groups is 1. The topological polar surface area (TPSA) is 59.9 Å². The molecule has 1 heterocycles. The summed E-state index contributed by atoms with van der Waals surface area (Å²) >= 11 is 0. The molecule has 2 aromatic rings. The second-order valence-corrected chi connectivity index (χ2v) is 5.22. The number of hydrogen-bond acceptors (Lipinski definition) is 4. The fourth-order valence-electron chi connectivity index (χ4n) is 2.24. The van der Waals surface area contributed by atoms with Crippen molar-refractivity contribution in [1.29, 1.82) is 0 Å². The van der Waals surface area contributed by atoms with Crippen molar-refractivity contribution in [3.63, 3.8) is 0 Å². The first-order valence-electron chi connectivity index (χ1n) is 7.54. The molecular weight excluding hydrogens is 292 g/mol. The lowest BCUT2D eigenvalue weighted by Crippen LogP contribution is -2.19. The number of nitrogens with one attached hydrogen (secondary N) is 1. The highest BCUT2D eigenvalue weighted by Crippen LogP contribution is 2.30. The molecule has 1 aliphatic rings. The Morgan fingerprint density at radius 1 is 1.00 bits per heavy atom. The molecule has 1 amide bonds. The van der Waals surface area contributed by atoms with Crippen LogP contribution < -0.4 is 14.9 Å². The first kappa shape index (κ1) is 15.1. The van der Waals surface area contributed by atoms with Gasteiger partial charge in [-0.05, 0) is 37.3 Å². The van der Waals surface area contributed by atoms with Crippen molar-refractivity contribution in [3.05, 3.63) is 59.7 Å². The van der Waals surface area contributed by atoms with Gasteiger partial charge in [0.25, 0.3) is 5.91 Å². The third-order valence-corrected chi connectivity index (χ3v) is 3.53. The lowest BCUT2D eigenvalue weighted by Gasteiger charge is -2.09. The molecule has 0 saturated heterocycles. The summed E-state index contributed by atoms with van der Waals surface area (Å²) in [5.41, 5.74) is 4.71. The minimum atomic E-state index is -0.237. The monoisotopic (exact) mass is 310 g/mol. The lowest BCUT2D eigenvalue weighted by molar-refractivity contribution is 0.0955. The molecule has 0 atom stereocenters. The Morgan fingerprint density at radius 2 is 1.74 bits per heavy atom. The molecule has 3 rings (SSSR count). The van der Waals surface area contributed by atoms with Crippen molar-refractivity contribution in [2.45, 2.75) is 13.3 Å². The molecule has 23 heavy (non-hydrogen) atoms. The van der Waals surface area contributed by atoms with Crippen LogP contribution in [0.3, 0.4) is 0 Å². The van der Waals surface area contributed by atoms with Gasteiger partial charge < -0.3 is 9.47 Å². The van der Waals surface area contributed by atoms with E-state index >= 15 is 0 Å². The zero-order valence-electron chi connectivity index (χ0n) is 12.9. The fourth-order valence-corrected chi connectivity index (χ4v) is 2.24. The van der Waals surface area contributed by atoms with Crippen LogP contribution in [0, 0.1) is 0 Å². The molecular formula is C18H18N2O3. The van der Waals surface area contributed by atoms with Crippen LogP contribution in [0.1, 0.15) is 29.3 Å². The average Bonchev–Trinajstić information content (AvgIpc) is 2.84. The molecule has 118 valence electrons. The highest BCUT2D eigenvalue weighted by Gasteiger charge is 2.12. The van der Waals surface area contributed by atoms with Crippen LogP contribution in [-0.2, 0) is 0 Å². The van der Waals surface area contributed by atoms with E-state index in [9.17, 15) is 4.79 Å². The number of fused-ring (bicyclic) bond motifs is 1. The van der Waals surface area contributed by atoms with Crippen molar-refractivity contribution < 1.29 is 14.3 Å². The molecule has 0 spiro atoms. The Morgan fingerprint density at radius 3 is 2.52 bits per heavy atom. The van der Waals surface area contributed by atoms with Gasteiger partial charge in [0, 0.05) is 17.5 Å². The number of benzene rings is 2. The largest absolute Gasteiger partial charge is 0.490 e. The smallest absolute Gasteiger partial charge is 0.271 e. The molecule has 5 nitrogen and oxygen atoms in total. The standard InChI is InChI=1S/C18H18N2O3/c1-13(19-20-18(21)14-6-3-2-4-7-14)15-8-9-16-17(12-15)23-11-5-10-22-16/h2-4,6-9,12H,5,10-11H2,1H3,(H,20,21)/b19-13-. The second-order valence-electron chi connectivity index (χ2n) is 5.22. The summed E-state index contributed by atoms with van der Waals surface area (Å²) in [4.78, 5) is 12.0. The lowest BCUT2D eigenvalue weighted by atomic mass is 10.1. The van der Waals surface area contributed by atoms with Gasteiger partial charge in [-0.15, -0.1) is 0 Å². The number of nitrogens with zero attached hydrogens (tertiary/aromatic N) is 1. The van der Waals surface area contributed by atoms with E-state index < -0.39 is 0 Å². The summed E-state index contributed by atoms with van der Waals surface area (Å²) in [6.45, 7) is 3.13. The quantitative estimate of drug-likeness (QED) is 0.700. The number of carbonyl (C=O) groups is 1. The Labute approximate surface area is 134 Å². The molecule has 2 aromatic carbocycles. The Kier molecular flexibility index (Phi) is 4.57. The SMILES string of the molecule is C/C(=N/NC(=O)c1ccccc1)c1ccc2c(c1)OCCCO2. The highest BCUT2D eigenvalue weighted by atomic mass is 16.5. The van der Waals surface area contributed by atoms with E-state index in [1.54, 1.807) is 12.1 Å². The van der Waals surface area contributed by atoms with Gasteiger partial charge in [-0.2, -0.15) is 5.10 Å². The molecule has 0 aromatic heterocycles. The molecule has 0 bridgehead atoms. The second kappa shape index (κ2) is 6.96. The molecule has 5 heteroatoms. The summed E-state index contributed by atoms with van der Waals surface area (Å²) in [5, 5.41) is 4.16. The first-order chi connectivity index (χ1) is 11.2. The third kappa shape index (κ3) is 3.69. The van der Waals surface area contributed by atoms with E-state index in [-0.39, 0.29) is 5.91 Å². The summed E-state index contributed by atoms with van der Waals surface area (Å²) in [6, 6.07) is 14.6. The summed E-state index contributed by atoms with van der Waals surface area (Å²) < 4.78 is 11.3. The van der Waals surface area contributed by atoms with Gasteiger partial charge in [0.1, 0.15) is 0 Å². The maximum absolute atomic E-state index is 12.0. The highest BCUT2D eigenvalue weighted by molar-refractivity contribution is 6.01. The van der Waals surface area contributed by atoms with Crippen molar-refractivity contribution in [2.24, 2.45) is 5.10 Å². The van der Waals surface area contributed by atoms with Crippen LogP contribution in [0.5, 0.6) is 11.5 Å². The molecule has 1 aliphatic heterocycles. The molecule has 0 saturated carbocycles. The van der Waals surface area contributed by atoms with Crippen molar-refractivity contribution in [1.82, 2.24) is 5.43 Å². The van der Waals surface area contributed by atoms with Crippen LogP contribution in [-0.4, -0.2) is 24.8 Å². The average molecular weight is 310 g/mol. The first-order valence-corrected chi connectivity index (χ1v) is 7.54. The van der Waals surface area contributed by atoms with E-state index in [0.29, 0.717) is 30.2 Å². The third-order valence-electron chi connectivity index (χ3n) is 3.53. The number of rotatable bonds is 3. The Balaban J connectivity index is 1.73. The fraction of sp³-hybridized carbons (Fsp3) is 0.222. The minimum absolute atomic E-state index is 0.237. The zero-order chi connectivity index (χ0) is 16.1. The van der Waals surface area contributed by atoms with Gasteiger partial charge in [0.05, 0.1) is 18.9 Å². The van der Waals surface area contributed by atoms with Crippen molar-refractivity contribution in [2.75, 3.05) is 13.2 Å². The van der Waals surface area contributed by atoms with Gasteiger partial charge in [-0.25, -0.2) is 5.43 Å².